The molecule has 1 aliphatic heterocycles. The van der Waals surface area contributed by atoms with Gasteiger partial charge in [-0.15, -0.1) is 11.3 Å². The molecule has 1 aliphatic carbocycles. The van der Waals surface area contributed by atoms with Crippen LogP contribution in [0.5, 0.6) is 0 Å². The summed E-state index contributed by atoms with van der Waals surface area (Å²) in [4.78, 5) is 22.9. The second-order valence-corrected chi connectivity index (χ2v) is 9.07. The molecule has 0 saturated carbocycles. The average Bonchev–Trinajstić information content (AvgIpc) is 3.53. The Kier molecular flexibility index (Phi) is 5.33. The number of aromatic nitrogens is 3. The fourth-order valence-electron chi connectivity index (χ4n) is 4.13. The van der Waals surface area contributed by atoms with Crippen LogP contribution in [0.3, 0.4) is 0 Å². The number of carbonyl (C=O) groups is 1. The highest BCUT2D eigenvalue weighted by molar-refractivity contribution is 7.10. The number of imidazole rings is 1. The second kappa shape index (κ2) is 8.04. The number of carbonyl (C=O) groups excluding carboxylic acids is 1. The zero-order chi connectivity index (χ0) is 22.5. The molecule has 5 rings (SSSR count). The van der Waals surface area contributed by atoms with E-state index in [2.05, 4.69) is 9.97 Å². The Morgan fingerprint density at radius 3 is 2.72 bits per heavy atom. The molecule has 0 saturated heterocycles. The minimum Gasteiger partial charge on any atom is -0.329 e. The molecule has 3 aromatic rings. The molecule has 1 amide bonds. The van der Waals surface area contributed by atoms with Crippen molar-refractivity contribution in [3.8, 4) is 0 Å². The standard InChI is InChI=1S/C22H18ClF3N4OS/c23-18-17(21(31)29-8-6-14(11-29)20-27-7-9-32-20)28-19-16(22(24,25)26)10-15(12-30(18)19)13-4-2-1-3-5-13/h4,6-7,9-10,12H,1-3,5,8,11H2. The summed E-state index contributed by atoms with van der Waals surface area (Å²) >= 11 is 7.90. The molecule has 0 bridgehead atoms. The van der Waals surface area contributed by atoms with Gasteiger partial charge >= 0.3 is 6.18 Å². The zero-order valence-electron chi connectivity index (χ0n) is 16.8. The normalized spacial score (nSPS) is 17.1. The number of hydrogen-bond donors (Lipinski definition) is 0. The molecule has 0 fully saturated rings. The molecule has 4 heterocycles. The van der Waals surface area contributed by atoms with Crippen molar-refractivity contribution in [2.24, 2.45) is 0 Å². The van der Waals surface area contributed by atoms with E-state index in [0.717, 1.165) is 41.5 Å². The third kappa shape index (κ3) is 3.73. The van der Waals surface area contributed by atoms with Gasteiger partial charge in [0.15, 0.2) is 11.3 Å². The van der Waals surface area contributed by atoms with E-state index in [9.17, 15) is 18.0 Å². The topological polar surface area (TPSA) is 50.5 Å². The zero-order valence-corrected chi connectivity index (χ0v) is 18.4. The van der Waals surface area contributed by atoms with E-state index in [4.69, 9.17) is 11.6 Å². The summed E-state index contributed by atoms with van der Waals surface area (Å²) in [5, 5.41) is 2.54. The maximum absolute atomic E-state index is 13.9. The van der Waals surface area contributed by atoms with Crippen molar-refractivity contribution in [3.05, 3.63) is 63.0 Å². The average molecular weight is 479 g/mol. The summed E-state index contributed by atoms with van der Waals surface area (Å²) in [6.45, 7) is 0.628. The van der Waals surface area contributed by atoms with E-state index in [1.54, 1.807) is 12.4 Å². The van der Waals surface area contributed by atoms with Gasteiger partial charge in [-0.05, 0) is 42.9 Å². The Morgan fingerprint density at radius 2 is 2.03 bits per heavy atom. The van der Waals surface area contributed by atoms with Gasteiger partial charge in [-0.25, -0.2) is 9.97 Å². The smallest absolute Gasteiger partial charge is 0.329 e. The Labute approximate surface area is 190 Å². The number of allylic oxidation sites excluding steroid dienone is 2. The van der Waals surface area contributed by atoms with E-state index in [-0.39, 0.29) is 16.5 Å². The molecule has 0 spiro atoms. The number of pyridine rings is 1. The molecule has 0 atom stereocenters. The Balaban J connectivity index is 1.54. The van der Waals surface area contributed by atoms with E-state index >= 15 is 0 Å². The van der Waals surface area contributed by atoms with Gasteiger partial charge in [0.25, 0.3) is 5.91 Å². The summed E-state index contributed by atoms with van der Waals surface area (Å²) in [6, 6.07) is 1.11. The Morgan fingerprint density at radius 1 is 1.19 bits per heavy atom. The first-order valence-electron chi connectivity index (χ1n) is 10.2. The molecule has 0 unspecified atom stereocenters. The van der Waals surface area contributed by atoms with Crippen LogP contribution in [0.15, 0.2) is 36.0 Å². The summed E-state index contributed by atoms with van der Waals surface area (Å²) < 4.78 is 42.9. The lowest BCUT2D eigenvalue weighted by Crippen LogP contribution is -2.29. The minimum absolute atomic E-state index is 0.114. The van der Waals surface area contributed by atoms with E-state index < -0.39 is 17.6 Å². The highest BCUT2D eigenvalue weighted by Crippen LogP contribution is 2.38. The Hall–Kier alpha value is -2.65. The number of amides is 1. The fourth-order valence-corrected chi connectivity index (χ4v) is 5.06. The molecule has 5 nitrogen and oxygen atoms in total. The van der Waals surface area contributed by atoms with Crippen LogP contribution in [-0.4, -0.2) is 38.3 Å². The quantitative estimate of drug-likeness (QED) is 0.466. The number of hydrogen-bond acceptors (Lipinski definition) is 4. The monoisotopic (exact) mass is 478 g/mol. The molecular formula is C22H18ClF3N4OS. The van der Waals surface area contributed by atoms with E-state index in [0.29, 0.717) is 25.1 Å². The van der Waals surface area contributed by atoms with Gasteiger partial charge in [0.2, 0.25) is 0 Å². The Bertz CT molecular complexity index is 1260. The third-order valence-corrected chi connectivity index (χ3v) is 6.95. The lowest BCUT2D eigenvalue weighted by atomic mass is 9.94. The van der Waals surface area contributed by atoms with Crippen molar-refractivity contribution in [2.75, 3.05) is 13.1 Å². The van der Waals surface area contributed by atoms with Crippen molar-refractivity contribution in [3.63, 3.8) is 0 Å². The number of fused-ring (bicyclic) bond motifs is 1. The van der Waals surface area contributed by atoms with E-state index in [1.165, 1.54) is 20.6 Å². The fraction of sp³-hybridized carbons (Fsp3) is 0.318. The van der Waals surface area contributed by atoms with E-state index in [1.807, 2.05) is 17.5 Å². The largest absolute Gasteiger partial charge is 0.420 e. The van der Waals surface area contributed by atoms with Crippen LogP contribution in [0.4, 0.5) is 13.2 Å². The molecular weight excluding hydrogens is 461 g/mol. The SMILES string of the molecule is O=C(c1nc2c(C(F)(F)F)cc(C3=CCCCC3)cn2c1Cl)N1CC=C(c2nccs2)C1. The molecule has 3 aromatic heterocycles. The lowest BCUT2D eigenvalue weighted by molar-refractivity contribution is -0.136. The van der Waals surface area contributed by atoms with Gasteiger partial charge in [-0.1, -0.05) is 23.8 Å². The van der Waals surface area contributed by atoms with Gasteiger partial charge in [-0.2, -0.15) is 13.2 Å². The maximum Gasteiger partial charge on any atom is 0.420 e. The van der Waals surface area contributed by atoms with Crippen LogP contribution in [0.1, 0.15) is 52.3 Å². The predicted octanol–water partition coefficient (Wildman–Crippen LogP) is 5.96. The lowest BCUT2D eigenvalue weighted by Gasteiger charge is -2.16. The number of halogens is 4. The van der Waals surface area contributed by atoms with Gasteiger partial charge in [0.05, 0.1) is 5.56 Å². The van der Waals surface area contributed by atoms with Crippen LogP contribution in [-0.2, 0) is 6.18 Å². The molecule has 10 heteroatoms. The van der Waals surface area contributed by atoms with Crippen LogP contribution in [0, 0.1) is 0 Å². The summed E-state index contributed by atoms with van der Waals surface area (Å²) in [5.74, 6) is -0.506. The summed E-state index contributed by atoms with van der Waals surface area (Å²) in [6.07, 6.45) is 5.95. The number of alkyl halides is 3. The van der Waals surface area contributed by atoms with Crippen LogP contribution >= 0.6 is 22.9 Å². The van der Waals surface area contributed by atoms with Gasteiger partial charge in [0.1, 0.15) is 10.2 Å². The van der Waals surface area contributed by atoms with Crippen LogP contribution < -0.4 is 0 Å². The number of nitrogens with zero attached hydrogens (tertiary/aromatic N) is 4. The molecule has 2 aliphatic rings. The van der Waals surface area contributed by atoms with Crippen molar-refractivity contribution in [2.45, 2.75) is 31.9 Å². The third-order valence-electron chi connectivity index (χ3n) is 5.74. The highest BCUT2D eigenvalue weighted by atomic mass is 35.5. The first-order chi connectivity index (χ1) is 15.3. The number of thiazole rings is 1. The number of rotatable bonds is 3. The second-order valence-electron chi connectivity index (χ2n) is 7.81. The summed E-state index contributed by atoms with van der Waals surface area (Å²) in [5.41, 5.74) is 0.773. The summed E-state index contributed by atoms with van der Waals surface area (Å²) in [7, 11) is 0. The van der Waals surface area contributed by atoms with Crippen molar-refractivity contribution < 1.29 is 18.0 Å². The molecule has 0 N–H and O–H groups in total. The molecule has 0 aromatic carbocycles. The molecule has 32 heavy (non-hydrogen) atoms. The van der Waals surface area contributed by atoms with Gasteiger partial charge in [0, 0.05) is 36.4 Å². The molecule has 0 radical (unpaired) electrons. The van der Waals surface area contributed by atoms with Gasteiger partial charge < -0.3 is 4.90 Å². The minimum atomic E-state index is -4.63. The predicted molar refractivity (Wildman–Crippen MR) is 118 cm³/mol. The van der Waals surface area contributed by atoms with Crippen LogP contribution in [0.2, 0.25) is 5.15 Å². The van der Waals surface area contributed by atoms with Gasteiger partial charge in [-0.3, -0.25) is 9.20 Å². The maximum atomic E-state index is 13.9. The van der Waals surface area contributed by atoms with Crippen molar-refractivity contribution in [1.82, 2.24) is 19.3 Å². The highest BCUT2D eigenvalue weighted by Gasteiger charge is 2.37. The first kappa shape index (κ1) is 21.2. The van der Waals surface area contributed by atoms with Crippen LogP contribution in [0.25, 0.3) is 16.8 Å². The van der Waals surface area contributed by atoms with Crippen molar-refractivity contribution >= 4 is 45.6 Å². The molecule has 166 valence electrons. The van der Waals surface area contributed by atoms with Crippen molar-refractivity contribution in [1.29, 1.82) is 0 Å². The first-order valence-corrected chi connectivity index (χ1v) is 11.4.